The topological polar surface area (TPSA) is 67.4 Å². The number of furan rings is 1. The zero-order valence-corrected chi connectivity index (χ0v) is 14.1. The van der Waals surface area contributed by atoms with Crippen molar-refractivity contribution in [2.45, 2.75) is 26.9 Å². The molecule has 24 heavy (non-hydrogen) atoms. The molecule has 1 aromatic carbocycles. The average Bonchev–Trinajstić information content (AvgIpc) is 3.21. The predicted octanol–water partition coefficient (Wildman–Crippen LogP) is 2.69. The highest BCUT2D eigenvalue weighted by molar-refractivity contribution is 5.82. The molecule has 0 atom stereocenters. The van der Waals surface area contributed by atoms with Gasteiger partial charge in [-0.3, -0.25) is 4.68 Å². The highest BCUT2D eigenvalue weighted by Crippen LogP contribution is 2.25. The second-order valence-corrected chi connectivity index (χ2v) is 5.54. The van der Waals surface area contributed by atoms with E-state index in [1.807, 2.05) is 35.1 Å². The molecule has 2 heterocycles. The van der Waals surface area contributed by atoms with Crippen LogP contribution in [0.15, 0.2) is 52.1 Å². The molecule has 0 aliphatic carbocycles. The van der Waals surface area contributed by atoms with E-state index in [1.54, 1.807) is 6.20 Å². The van der Waals surface area contributed by atoms with Gasteiger partial charge < -0.3 is 15.1 Å². The summed E-state index contributed by atoms with van der Waals surface area (Å²) in [6.07, 6.45) is 3.73. The van der Waals surface area contributed by atoms with Gasteiger partial charge in [0, 0.05) is 36.4 Å². The molecule has 6 nitrogen and oxygen atoms in total. The zero-order valence-electron chi connectivity index (χ0n) is 14.1. The number of nitrogens with one attached hydrogen (secondary N) is 2. The second-order valence-electron chi connectivity index (χ2n) is 5.54. The van der Waals surface area contributed by atoms with Crippen LogP contribution in [0.1, 0.15) is 18.2 Å². The third-order valence-electron chi connectivity index (χ3n) is 3.86. The van der Waals surface area contributed by atoms with Crippen LogP contribution in [0.25, 0.3) is 11.0 Å². The molecule has 3 aromatic rings. The molecule has 2 aromatic heterocycles. The Bertz CT molecular complexity index is 804. The molecular formula is C18H23N5O. The van der Waals surface area contributed by atoms with E-state index in [0.29, 0.717) is 6.54 Å². The summed E-state index contributed by atoms with van der Waals surface area (Å²) in [5.41, 5.74) is 2.07. The summed E-state index contributed by atoms with van der Waals surface area (Å²) >= 11 is 0. The minimum atomic E-state index is 0.512. The molecule has 6 heteroatoms. The van der Waals surface area contributed by atoms with Gasteiger partial charge in [-0.1, -0.05) is 18.2 Å². The number of hydrogen-bond acceptors (Lipinski definition) is 3. The van der Waals surface area contributed by atoms with Crippen molar-refractivity contribution in [1.29, 1.82) is 0 Å². The number of aryl methyl sites for hydroxylation is 1. The summed E-state index contributed by atoms with van der Waals surface area (Å²) in [7, 11) is 0. The Kier molecular flexibility index (Phi) is 5.15. The standard InChI is InChI=1S/C18H23N5O/c1-3-19-18(20-10-12-23-11-6-9-22-23)21-13-17-14(2)15-7-4-5-8-16(15)24-17/h4-9,11H,3,10,12-13H2,1-2H3,(H2,19,20,21). The quantitative estimate of drug-likeness (QED) is 0.540. The highest BCUT2D eigenvalue weighted by Gasteiger charge is 2.09. The minimum absolute atomic E-state index is 0.512. The molecule has 0 fully saturated rings. The fraction of sp³-hybridized carbons (Fsp3) is 0.333. The first-order chi connectivity index (χ1) is 11.8. The van der Waals surface area contributed by atoms with Gasteiger partial charge >= 0.3 is 0 Å². The van der Waals surface area contributed by atoms with Crippen molar-refractivity contribution in [2.24, 2.45) is 4.99 Å². The van der Waals surface area contributed by atoms with Crippen LogP contribution in [0.2, 0.25) is 0 Å². The molecule has 0 aliphatic heterocycles. The van der Waals surface area contributed by atoms with Crippen LogP contribution in [0.3, 0.4) is 0 Å². The van der Waals surface area contributed by atoms with Gasteiger partial charge in [0.1, 0.15) is 17.9 Å². The Labute approximate surface area is 141 Å². The maximum absolute atomic E-state index is 5.91. The highest BCUT2D eigenvalue weighted by atomic mass is 16.3. The van der Waals surface area contributed by atoms with E-state index in [2.05, 4.69) is 40.6 Å². The number of aromatic nitrogens is 2. The number of nitrogens with zero attached hydrogens (tertiary/aromatic N) is 3. The lowest BCUT2D eigenvalue weighted by atomic mass is 10.1. The summed E-state index contributed by atoms with van der Waals surface area (Å²) in [6.45, 7) is 7.00. The summed E-state index contributed by atoms with van der Waals surface area (Å²) in [4.78, 5) is 4.63. The zero-order chi connectivity index (χ0) is 16.8. The summed E-state index contributed by atoms with van der Waals surface area (Å²) in [5, 5.41) is 11.9. The molecule has 0 spiro atoms. The molecule has 126 valence electrons. The third-order valence-corrected chi connectivity index (χ3v) is 3.86. The van der Waals surface area contributed by atoms with Crippen LogP contribution < -0.4 is 10.6 Å². The summed E-state index contributed by atoms with van der Waals surface area (Å²) in [5.74, 6) is 1.69. The molecule has 3 rings (SSSR count). The average molecular weight is 325 g/mol. The van der Waals surface area contributed by atoms with Crippen molar-refractivity contribution < 1.29 is 4.42 Å². The van der Waals surface area contributed by atoms with Crippen molar-refractivity contribution >= 4 is 16.9 Å². The smallest absolute Gasteiger partial charge is 0.191 e. The van der Waals surface area contributed by atoms with Gasteiger partial charge in [0.05, 0.1) is 6.54 Å². The largest absolute Gasteiger partial charge is 0.459 e. The number of guanidine groups is 1. The molecule has 0 amide bonds. The first-order valence-corrected chi connectivity index (χ1v) is 8.24. The SMILES string of the molecule is CCNC(=NCc1oc2ccccc2c1C)NCCn1cccn1. The number of aliphatic imine (C=N–C) groups is 1. The Balaban J connectivity index is 1.64. The number of fused-ring (bicyclic) bond motifs is 1. The van der Waals surface area contributed by atoms with Gasteiger partial charge in [-0.15, -0.1) is 0 Å². The van der Waals surface area contributed by atoms with E-state index in [9.17, 15) is 0 Å². The number of rotatable bonds is 6. The first kappa shape index (κ1) is 16.1. The van der Waals surface area contributed by atoms with Crippen molar-refractivity contribution in [3.8, 4) is 0 Å². The summed E-state index contributed by atoms with van der Waals surface area (Å²) in [6, 6.07) is 10.00. The van der Waals surface area contributed by atoms with E-state index in [-0.39, 0.29) is 0 Å². The van der Waals surface area contributed by atoms with E-state index >= 15 is 0 Å². The monoisotopic (exact) mass is 325 g/mol. The van der Waals surface area contributed by atoms with Crippen molar-refractivity contribution in [1.82, 2.24) is 20.4 Å². The molecule has 0 saturated heterocycles. The van der Waals surface area contributed by atoms with E-state index in [4.69, 9.17) is 4.42 Å². The van der Waals surface area contributed by atoms with Crippen molar-refractivity contribution in [3.05, 3.63) is 54.0 Å². The Morgan fingerprint density at radius 2 is 2.12 bits per heavy atom. The van der Waals surface area contributed by atoms with Crippen molar-refractivity contribution in [2.75, 3.05) is 13.1 Å². The predicted molar refractivity (Wildman–Crippen MR) is 96.0 cm³/mol. The Morgan fingerprint density at radius 1 is 1.25 bits per heavy atom. The van der Waals surface area contributed by atoms with Gasteiger partial charge in [0.15, 0.2) is 5.96 Å². The molecule has 2 N–H and O–H groups in total. The maximum Gasteiger partial charge on any atom is 0.191 e. The van der Waals surface area contributed by atoms with Gasteiger partial charge in [0.25, 0.3) is 0 Å². The van der Waals surface area contributed by atoms with Crippen LogP contribution in [0.5, 0.6) is 0 Å². The van der Waals surface area contributed by atoms with Gasteiger partial charge in [0.2, 0.25) is 0 Å². The molecule has 0 unspecified atom stereocenters. The van der Waals surface area contributed by atoms with Gasteiger partial charge in [-0.2, -0.15) is 5.10 Å². The van der Waals surface area contributed by atoms with Crippen LogP contribution in [0, 0.1) is 6.92 Å². The Morgan fingerprint density at radius 3 is 2.88 bits per heavy atom. The lowest BCUT2D eigenvalue weighted by Gasteiger charge is -2.11. The lowest BCUT2D eigenvalue weighted by Crippen LogP contribution is -2.38. The molecular weight excluding hydrogens is 302 g/mol. The fourth-order valence-electron chi connectivity index (χ4n) is 2.59. The minimum Gasteiger partial charge on any atom is -0.459 e. The van der Waals surface area contributed by atoms with Gasteiger partial charge in [-0.05, 0) is 26.0 Å². The number of hydrogen-bond donors (Lipinski definition) is 2. The van der Waals surface area contributed by atoms with Gasteiger partial charge in [-0.25, -0.2) is 4.99 Å². The summed E-state index contributed by atoms with van der Waals surface area (Å²) < 4.78 is 7.80. The molecule has 0 saturated carbocycles. The molecule has 0 bridgehead atoms. The molecule has 0 aliphatic rings. The Hall–Kier alpha value is -2.76. The maximum atomic E-state index is 5.91. The van der Waals surface area contributed by atoms with Crippen LogP contribution in [-0.2, 0) is 13.1 Å². The third kappa shape index (κ3) is 3.76. The van der Waals surface area contributed by atoms with Crippen LogP contribution >= 0.6 is 0 Å². The first-order valence-electron chi connectivity index (χ1n) is 8.24. The fourth-order valence-corrected chi connectivity index (χ4v) is 2.59. The van der Waals surface area contributed by atoms with Crippen LogP contribution in [-0.4, -0.2) is 28.8 Å². The van der Waals surface area contributed by atoms with E-state index < -0.39 is 0 Å². The van der Waals surface area contributed by atoms with Crippen molar-refractivity contribution in [3.63, 3.8) is 0 Å². The second kappa shape index (κ2) is 7.68. The van der Waals surface area contributed by atoms with Crippen LogP contribution in [0.4, 0.5) is 0 Å². The molecule has 0 radical (unpaired) electrons. The normalized spacial score (nSPS) is 11.8. The van der Waals surface area contributed by atoms with E-state index in [0.717, 1.165) is 47.9 Å². The number of benzene rings is 1. The van der Waals surface area contributed by atoms with E-state index in [1.165, 1.54) is 0 Å². The lowest BCUT2D eigenvalue weighted by molar-refractivity contribution is 0.547. The number of para-hydroxylation sites is 1.